The Morgan fingerprint density at radius 1 is 0.750 bits per heavy atom. The fourth-order valence-electron chi connectivity index (χ4n) is 2.95. The van der Waals surface area contributed by atoms with Crippen molar-refractivity contribution >= 4 is 11.9 Å². The average Bonchev–Trinajstić information content (AvgIpc) is 2.71. The lowest BCUT2D eigenvalue weighted by atomic mass is 9.99. The maximum absolute atomic E-state index is 12.3. The maximum Gasteiger partial charge on any atom is 0.386 e. The zero-order valence-corrected chi connectivity index (χ0v) is 13.5. The van der Waals surface area contributed by atoms with Crippen molar-refractivity contribution in [3.05, 3.63) is 70.8 Å². The molecule has 2 aromatic rings. The molecular formula is C20H20O4. The van der Waals surface area contributed by atoms with E-state index in [0.29, 0.717) is 11.1 Å². The van der Waals surface area contributed by atoms with Crippen LogP contribution in [0.1, 0.15) is 57.5 Å². The van der Waals surface area contributed by atoms with Crippen molar-refractivity contribution in [3.8, 4) is 0 Å². The number of rotatable bonds is 2. The first-order valence-electron chi connectivity index (χ1n) is 8.34. The monoisotopic (exact) mass is 324 g/mol. The molecule has 0 aromatic heterocycles. The van der Waals surface area contributed by atoms with Gasteiger partial charge in [0, 0.05) is 0 Å². The van der Waals surface area contributed by atoms with Crippen molar-refractivity contribution in [2.75, 3.05) is 0 Å². The summed E-state index contributed by atoms with van der Waals surface area (Å²) in [4.78, 5) is 33.6. The molecule has 1 aliphatic carbocycles. The van der Waals surface area contributed by atoms with Gasteiger partial charge < -0.3 is 0 Å². The normalized spacial score (nSPS) is 14.0. The van der Waals surface area contributed by atoms with Crippen LogP contribution in [0.15, 0.2) is 48.5 Å². The number of aryl methyl sites for hydroxylation is 2. The van der Waals surface area contributed by atoms with Crippen LogP contribution in [0, 0.1) is 0 Å². The Bertz CT molecular complexity index is 722. The van der Waals surface area contributed by atoms with E-state index in [0.717, 1.165) is 31.2 Å². The Hall–Kier alpha value is -2.62. The fraction of sp³-hybridized carbons (Fsp3) is 0.300. The molecule has 0 radical (unpaired) electrons. The van der Waals surface area contributed by atoms with Crippen molar-refractivity contribution in [2.24, 2.45) is 0 Å². The summed E-state index contributed by atoms with van der Waals surface area (Å²) < 4.78 is 0. The second-order valence-corrected chi connectivity index (χ2v) is 6.01. The molecule has 0 N–H and O–H groups in total. The van der Waals surface area contributed by atoms with E-state index in [-0.39, 0.29) is 0 Å². The van der Waals surface area contributed by atoms with Gasteiger partial charge in [0.05, 0.1) is 11.1 Å². The second-order valence-electron chi connectivity index (χ2n) is 6.01. The third kappa shape index (κ3) is 4.02. The number of hydrogen-bond donors (Lipinski definition) is 0. The standard InChI is InChI=1S/C20H20O4/c21-19(16-9-6-3-7-10-16)23-24-20(22)18-13-12-15-8-4-1-2-5-11-17(18)14-15/h3,6-7,9-10,12-14H,1-2,4-5,8,11H2. The molecule has 2 aromatic carbocycles. The minimum atomic E-state index is -0.681. The molecule has 0 spiro atoms. The highest BCUT2D eigenvalue weighted by molar-refractivity contribution is 5.93. The number of carbonyl (C=O) groups excluding carboxylic acids is 2. The summed E-state index contributed by atoms with van der Waals surface area (Å²) in [6.07, 6.45) is 6.48. The number of carbonyl (C=O) groups is 2. The fourth-order valence-corrected chi connectivity index (χ4v) is 2.95. The van der Waals surface area contributed by atoms with Gasteiger partial charge in [-0.3, -0.25) is 0 Å². The SMILES string of the molecule is O=C(OOC(=O)c1ccc2cc1CCCCCC2)c1ccccc1. The molecule has 1 aliphatic rings. The zero-order chi connectivity index (χ0) is 16.8. The summed E-state index contributed by atoms with van der Waals surface area (Å²) in [7, 11) is 0. The van der Waals surface area contributed by atoms with Gasteiger partial charge in [-0.1, -0.05) is 43.2 Å². The summed E-state index contributed by atoms with van der Waals surface area (Å²) >= 11 is 0. The molecule has 0 saturated heterocycles. The van der Waals surface area contributed by atoms with Crippen LogP contribution in [0.2, 0.25) is 0 Å². The first-order chi connectivity index (χ1) is 11.7. The molecule has 0 saturated carbocycles. The third-order valence-electron chi connectivity index (χ3n) is 4.25. The van der Waals surface area contributed by atoms with Crippen molar-refractivity contribution in [1.82, 2.24) is 0 Å². The van der Waals surface area contributed by atoms with Gasteiger partial charge in [-0.05, 0) is 55.0 Å². The van der Waals surface area contributed by atoms with Gasteiger partial charge in [-0.15, -0.1) is 0 Å². The number of fused-ring (bicyclic) bond motifs is 2. The Kier molecular flexibility index (Phi) is 5.26. The summed E-state index contributed by atoms with van der Waals surface area (Å²) in [5.74, 6) is -1.31. The lowest BCUT2D eigenvalue weighted by molar-refractivity contribution is -0.187. The predicted octanol–water partition coefficient (Wildman–Crippen LogP) is 4.27. The van der Waals surface area contributed by atoms with E-state index in [2.05, 4.69) is 11.0 Å². The minimum absolute atomic E-state index is 0.340. The molecule has 3 rings (SSSR count). The van der Waals surface area contributed by atoms with E-state index in [4.69, 9.17) is 4.89 Å². The average molecular weight is 324 g/mol. The number of hydrogen-bond acceptors (Lipinski definition) is 4. The molecule has 0 fully saturated rings. The molecule has 24 heavy (non-hydrogen) atoms. The van der Waals surface area contributed by atoms with Crippen LogP contribution in [-0.2, 0) is 22.6 Å². The van der Waals surface area contributed by atoms with Crippen LogP contribution in [0.4, 0.5) is 0 Å². The Labute approximate surface area is 141 Å². The van der Waals surface area contributed by atoms with Gasteiger partial charge in [-0.2, -0.15) is 0 Å². The van der Waals surface area contributed by atoms with Crippen LogP contribution in [0.3, 0.4) is 0 Å². The molecule has 0 unspecified atom stereocenters. The molecule has 4 heteroatoms. The lowest BCUT2D eigenvalue weighted by Crippen LogP contribution is -2.13. The summed E-state index contributed by atoms with van der Waals surface area (Å²) in [6, 6.07) is 14.2. The molecule has 0 aliphatic heterocycles. The summed E-state index contributed by atoms with van der Waals surface area (Å²) in [5.41, 5.74) is 3.02. The Balaban J connectivity index is 1.68. The van der Waals surface area contributed by atoms with Gasteiger partial charge in [0.1, 0.15) is 0 Å². The Morgan fingerprint density at radius 3 is 2.25 bits per heavy atom. The molecular weight excluding hydrogens is 304 g/mol. The molecule has 4 nitrogen and oxygen atoms in total. The van der Waals surface area contributed by atoms with E-state index in [1.807, 2.05) is 6.07 Å². The van der Waals surface area contributed by atoms with E-state index >= 15 is 0 Å². The second kappa shape index (κ2) is 7.77. The molecule has 0 amide bonds. The van der Waals surface area contributed by atoms with Crippen molar-refractivity contribution in [1.29, 1.82) is 0 Å². The van der Waals surface area contributed by atoms with E-state index in [1.54, 1.807) is 36.4 Å². The van der Waals surface area contributed by atoms with Gasteiger partial charge in [-0.25, -0.2) is 19.4 Å². The first-order valence-corrected chi connectivity index (χ1v) is 8.34. The smallest absolute Gasteiger partial charge is 0.242 e. The van der Waals surface area contributed by atoms with Gasteiger partial charge in [0.2, 0.25) is 0 Å². The van der Waals surface area contributed by atoms with Crippen molar-refractivity contribution in [3.63, 3.8) is 0 Å². The lowest BCUT2D eigenvalue weighted by Gasteiger charge is -2.09. The van der Waals surface area contributed by atoms with Crippen LogP contribution >= 0.6 is 0 Å². The number of benzene rings is 2. The van der Waals surface area contributed by atoms with Crippen molar-refractivity contribution in [2.45, 2.75) is 38.5 Å². The largest absolute Gasteiger partial charge is 0.386 e. The van der Waals surface area contributed by atoms with Gasteiger partial charge in [0.25, 0.3) is 0 Å². The quantitative estimate of drug-likeness (QED) is 0.611. The highest BCUT2D eigenvalue weighted by atomic mass is 17.2. The molecule has 2 bridgehead atoms. The van der Waals surface area contributed by atoms with Crippen LogP contribution in [0.25, 0.3) is 0 Å². The third-order valence-corrected chi connectivity index (χ3v) is 4.25. The van der Waals surface area contributed by atoms with Gasteiger partial charge >= 0.3 is 11.9 Å². The maximum atomic E-state index is 12.3. The van der Waals surface area contributed by atoms with Crippen molar-refractivity contribution < 1.29 is 19.4 Å². The van der Waals surface area contributed by atoms with Crippen LogP contribution < -0.4 is 0 Å². The first kappa shape index (κ1) is 16.2. The van der Waals surface area contributed by atoms with E-state index < -0.39 is 11.9 Å². The Morgan fingerprint density at radius 2 is 1.46 bits per heavy atom. The molecule has 124 valence electrons. The van der Waals surface area contributed by atoms with E-state index in [1.165, 1.54) is 18.4 Å². The molecule has 0 atom stereocenters. The van der Waals surface area contributed by atoms with Crippen LogP contribution in [0.5, 0.6) is 0 Å². The highest BCUT2D eigenvalue weighted by Crippen LogP contribution is 2.21. The predicted molar refractivity (Wildman–Crippen MR) is 89.6 cm³/mol. The molecule has 0 heterocycles. The summed E-state index contributed by atoms with van der Waals surface area (Å²) in [5, 5.41) is 0. The minimum Gasteiger partial charge on any atom is -0.242 e. The topological polar surface area (TPSA) is 52.6 Å². The highest BCUT2D eigenvalue weighted by Gasteiger charge is 2.18. The summed E-state index contributed by atoms with van der Waals surface area (Å²) in [6.45, 7) is 0. The van der Waals surface area contributed by atoms with Gasteiger partial charge in [0.15, 0.2) is 0 Å². The zero-order valence-electron chi connectivity index (χ0n) is 13.5. The van der Waals surface area contributed by atoms with E-state index in [9.17, 15) is 9.59 Å². The van der Waals surface area contributed by atoms with Crippen LogP contribution in [-0.4, -0.2) is 11.9 Å².